The zero-order valence-corrected chi connectivity index (χ0v) is 13.5. The molecule has 0 aliphatic carbocycles. The molecule has 1 aliphatic rings. The number of ketones is 1. The summed E-state index contributed by atoms with van der Waals surface area (Å²) in [5.41, 5.74) is 1.11. The van der Waals surface area contributed by atoms with Crippen LogP contribution in [0.5, 0.6) is 11.5 Å². The second-order valence-electron chi connectivity index (χ2n) is 5.70. The van der Waals surface area contributed by atoms with Crippen LogP contribution in [0.25, 0.3) is 11.3 Å². The van der Waals surface area contributed by atoms with Crippen LogP contribution in [-0.4, -0.2) is 25.3 Å². The van der Waals surface area contributed by atoms with Crippen LogP contribution < -0.4 is 9.47 Å². The Bertz CT molecular complexity index is 988. The number of ether oxygens (including phenoxy) is 2. The molecule has 0 spiro atoms. The molecule has 0 atom stereocenters. The smallest absolute Gasteiger partial charge is 0.193 e. The molecule has 2 aromatic carbocycles. The van der Waals surface area contributed by atoms with Gasteiger partial charge in [-0.2, -0.15) is 0 Å². The first-order valence-corrected chi connectivity index (χ1v) is 7.95. The lowest BCUT2D eigenvalue weighted by Crippen LogP contribution is -2.16. The molecule has 0 radical (unpaired) electrons. The van der Waals surface area contributed by atoms with Gasteiger partial charge in [-0.1, -0.05) is 0 Å². The maximum absolute atomic E-state index is 13.2. The minimum absolute atomic E-state index is 0.148. The molecule has 0 N–H and O–H groups in total. The predicted molar refractivity (Wildman–Crippen MR) is 90.4 cm³/mol. The highest BCUT2D eigenvalue weighted by atomic mass is 19.1. The Morgan fingerprint density at radius 3 is 2.31 bits per heavy atom. The number of carbonyl (C=O) groups is 2. The third-order valence-electron chi connectivity index (χ3n) is 4.04. The molecule has 2 heterocycles. The Balaban J connectivity index is 1.86. The standard InChI is InChI=1S/C20H13FO5/c21-13-3-1-12(2-4-13)20(23)16-10-19-18(24-7-8-25-19)9-15(16)17-6-5-14(11-22)26-17/h1-6,9-11H,7-8H2. The number of hydrogen-bond acceptors (Lipinski definition) is 5. The van der Waals surface area contributed by atoms with Crippen molar-refractivity contribution in [2.24, 2.45) is 0 Å². The SMILES string of the molecule is O=Cc1ccc(-c2cc3c(cc2C(=O)c2ccc(F)cc2)OCCO3)o1. The first kappa shape index (κ1) is 16.1. The van der Waals surface area contributed by atoms with E-state index in [0.29, 0.717) is 53.4 Å². The summed E-state index contributed by atoms with van der Waals surface area (Å²) < 4.78 is 29.8. The molecule has 130 valence electrons. The third kappa shape index (κ3) is 2.86. The molecule has 0 amide bonds. The van der Waals surface area contributed by atoms with E-state index >= 15 is 0 Å². The minimum atomic E-state index is -0.425. The summed E-state index contributed by atoms with van der Waals surface area (Å²) in [5.74, 6) is 0.704. The number of halogens is 1. The van der Waals surface area contributed by atoms with Crippen LogP contribution in [0.2, 0.25) is 0 Å². The van der Waals surface area contributed by atoms with Crippen LogP contribution in [0.4, 0.5) is 4.39 Å². The highest BCUT2D eigenvalue weighted by molar-refractivity contribution is 6.13. The lowest BCUT2D eigenvalue weighted by molar-refractivity contribution is 0.103. The molecule has 6 heteroatoms. The fourth-order valence-corrected chi connectivity index (χ4v) is 2.80. The highest BCUT2D eigenvalue weighted by Crippen LogP contribution is 2.39. The molecule has 0 bridgehead atoms. The van der Waals surface area contributed by atoms with E-state index < -0.39 is 5.82 Å². The third-order valence-corrected chi connectivity index (χ3v) is 4.04. The quantitative estimate of drug-likeness (QED) is 0.526. The minimum Gasteiger partial charge on any atom is -0.486 e. The van der Waals surface area contributed by atoms with Crippen LogP contribution in [-0.2, 0) is 0 Å². The van der Waals surface area contributed by atoms with Crippen molar-refractivity contribution in [2.75, 3.05) is 13.2 Å². The highest BCUT2D eigenvalue weighted by Gasteiger charge is 2.23. The maximum atomic E-state index is 13.2. The zero-order chi connectivity index (χ0) is 18.1. The van der Waals surface area contributed by atoms with Crippen LogP contribution in [0.15, 0.2) is 52.9 Å². The van der Waals surface area contributed by atoms with Crippen LogP contribution in [0.1, 0.15) is 26.5 Å². The molecule has 0 saturated heterocycles. The molecule has 1 aromatic heterocycles. The van der Waals surface area contributed by atoms with Crippen molar-refractivity contribution in [1.82, 2.24) is 0 Å². The van der Waals surface area contributed by atoms with E-state index in [1.165, 1.54) is 30.3 Å². The molecular weight excluding hydrogens is 339 g/mol. The first-order valence-electron chi connectivity index (χ1n) is 7.95. The summed E-state index contributed by atoms with van der Waals surface area (Å²) in [6.45, 7) is 0.780. The van der Waals surface area contributed by atoms with Crippen LogP contribution in [0.3, 0.4) is 0 Å². The van der Waals surface area contributed by atoms with Crippen LogP contribution in [0, 0.1) is 5.82 Å². The van der Waals surface area contributed by atoms with E-state index in [2.05, 4.69) is 0 Å². The fourth-order valence-electron chi connectivity index (χ4n) is 2.80. The van der Waals surface area contributed by atoms with E-state index in [9.17, 15) is 14.0 Å². The number of hydrogen-bond donors (Lipinski definition) is 0. The topological polar surface area (TPSA) is 65.7 Å². The Labute approximate surface area is 148 Å². The van der Waals surface area contributed by atoms with Crippen LogP contribution >= 0.6 is 0 Å². The normalized spacial score (nSPS) is 12.7. The van der Waals surface area contributed by atoms with Crippen molar-refractivity contribution >= 4 is 12.1 Å². The second kappa shape index (κ2) is 6.48. The lowest BCUT2D eigenvalue weighted by atomic mass is 9.96. The van der Waals surface area contributed by atoms with E-state index in [4.69, 9.17) is 13.9 Å². The number of fused-ring (bicyclic) bond motifs is 1. The van der Waals surface area contributed by atoms with E-state index in [-0.39, 0.29) is 11.5 Å². The van der Waals surface area contributed by atoms with Gasteiger partial charge in [-0.15, -0.1) is 0 Å². The second-order valence-corrected chi connectivity index (χ2v) is 5.70. The van der Waals surface area contributed by atoms with Gasteiger partial charge in [-0.05, 0) is 48.5 Å². The summed E-state index contributed by atoms with van der Waals surface area (Å²) in [6, 6.07) is 11.6. The Morgan fingerprint density at radius 2 is 1.65 bits per heavy atom. The van der Waals surface area contributed by atoms with Gasteiger partial charge in [0.1, 0.15) is 24.8 Å². The maximum Gasteiger partial charge on any atom is 0.193 e. The van der Waals surface area contributed by atoms with Gasteiger partial charge in [0, 0.05) is 16.7 Å². The van der Waals surface area contributed by atoms with Crippen molar-refractivity contribution < 1.29 is 27.9 Å². The van der Waals surface area contributed by atoms with Gasteiger partial charge in [0.25, 0.3) is 0 Å². The molecule has 0 fully saturated rings. The summed E-state index contributed by atoms with van der Waals surface area (Å²) in [5, 5.41) is 0. The summed E-state index contributed by atoms with van der Waals surface area (Å²) in [7, 11) is 0. The van der Waals surface area contributed by atoms with Crippen molar-refractivity contribution in [3.05, 3.63) is 71.2 Å². The van der Waals surface area contributed by atoms with Gasteiger partial charge in [0.05, 0.1) is 0 Å². The molecule has 0 saturated carbocycles. The molecule has 0 unspecified atom stereocenters. The zero-order valence-electron chi connectivity index (χ0n) is 13.5. The van der Waals surface area contributed by atoms with E-state index in [0.717, 1.165) is 0 Å². The van der Waals surface area contributed by atoms with Gasteiger partial charge in [-0.25, -0.2) is 4.39 Å². The number of furan rings is 1. The van der Waals surface area contributed by atoms with Crippen molar-refractivity contribution in [1.29, 1.82) is 0 Å². The lowest BCUT2D eigenvalue weighted by Gasteiger charge is -2.20. The molecule has 5 nitrogen and oxygen atoms in total. The molecule has 26 heavy (non-hydrogen) atoms. The van der Waals surface area contributed by atoms with Gasteiger partial charge in [0.2, 0.25) is 0 Å². The Kier molecular flexibility index (Phi) is 4.01. The van der Waals surface area contributed by atoms with Crippen molar-refractivity contribution in [2.45, 2.75) is 0 Å². The van der Waals surface area contributed by atoms with Crippen molar-refractivity contribution in [3.63, 3.8) is 0 Å². The molecule has 3 aromatic rings. The fraction of sp³-hybridized carbons (Fsp3) is 0.100. The molecular formula is C20H13FO5. The molecule has 1 aliphatic heterocycles. The monoisotopic (exact) mass is 352 g/mol. The number of carbonyl (C=O) groups excluding carboxylic acids is 2. The number of benzene rings is 2. The van der Waals surface area contributed by atoms with Gasteiger partial charge in [-0.3, -0.25) is 9.59 Å². The van der Waals surface area contributed by atoms with E-state index in [1.54, 1.807) is 18.2 Å². The summed E-state index contributed by atoms with van der Waals surface area (Å²) >= 11 is 0. The van der Waals surface area contributed by atoms with Gasteiger partial charge < -0.3 is 13.9 Å². The predicted octanol–water partition coefficient (Wildman–Crippen LogP) is 3.90. The summed E-state index contributed by atoms with van der Waals surface area (Å²) in [4.78, 5) is 23.9. The largest absolute Gasteiger partial charge is 0.486 e. The Hall–Kier alpha value is -3.41. The first-order chi connectivity index (χ1) is 12.7. The number of aldehydes is 1. The van der Waals surface area contributed by atoms with Crippen molar-refractivity contribution in [3.8, 4) is 22.8 Å². The average molecular weight is 352 g/mol. The summed E-state index contributed by atoms with van der Waals surface area (Å²) in [6.07, 6.45) is 0.586. The molecule has 4 rings (SSSR count). The van der Waals surface area contributed by atoms with E-state index in [1.807, 2.05) is 0 Å². The van der Waals surface area contributed by atoms with Gasteiger partial charge in [0.15, 0.2) is 29.3 Å². The number of rotatable bonds is 4. The average Bonchev–Trinajstić information content (AvgIpc) is 3.16. The Morgan fingerprint density at radius 1 is 0.962 bits per heavy atom. The van der Waals surface area contributed by atoms with Gasteiger partial charge >= 0.3 is 0 Å².